The standard InChI is InChI=1S/C16H30N4/c1-6-8-14-10-20(16(3,4)12-17-14)11-15-9-13(7-2)18-19(15)5/h9,14,17H,6-8,10-12H2,1-5H3. The maximum Gasteiger partial charge on any atom is 0.0625 e. The topological polar surface area (TPSA) is 33.1 Å². The summed E-state index contributed by atoms with van der Waals surface area (Å²) in [7, 11) is 2.06. The summed E-state index contributed by atoms with van der Waals surface area (Å²) in [4.78, 5) is 2.61. The summed E-state index contributed by atoms with van der Waals surface area (Å²) in [5.41, 5.74) is 2.73. The van der Waals surface area contributed by atoms with E-state index in [-0.39, 0.29) is 5.54 Å². The molecule has 2 rings (SSSR count). The monoisotopic (exact) mass is 278 g/mol. The van der Waals surface area contributed by atoms with Crippen molar-refractivity contribution in [2.24, 2.45) is 7.05 Å². The van der Waals surface area contributed by atoms with E-state index >= 15 is 0 Å². The second-order valence-corrected chi connectivity index (χ2v) is 6.66. The lowest BCUT2D eigenvalue weighted by molar-refractivity contribution is 0.0542. The molecular weight excluding hydrogens is 248 g/mol. The molecule has 1 saturated heterocycles. The molecule has 1 aromatic rings. The molecule has 0 amide bonds. The van der Waals surface area contributed by atoms with Crippen LogP contribution in [0.3, 0.4) is 0 Å². The van der Waals surface area contributed by atoms with Crippen LogP contribution in [0.5, 0.6) is 0 Å². The number of hydrogen-bond acceptors (Lipinski definition) is 3. The van der Waals surface area contributed by atoms with Crippen LogP contribution in [0.25, 0.3) is 0 Å². The summed E-state index contributed by atoms with van der Waals surface area (Å²) < 4.78 is 2.05. The zero-order valence-electron chi connectivity index (χ0n) is 13.7. The first kappa shape index (κ1) is 15.5. The Morgan fingerprint density at radius 2 is 2.15 bits per heavy atom. The molecule has 0 bridgehead atoms. The molecule has 0 aliphatic carbocycles. The van der Waals surface area contributed by atoms with Gasteiger partial charge in [-0.05, 0) is 32.8 Å². The first-order valence-corrected chi connectivity index (χ1v) is 7.96. The molecule has 2 heterocycles. The first-order valence-electron chi connectivity index (χ1n) is 7.96. The third-order valence-electron chi connectivity index (χ3n) is 4.50. The van der Waals surface area contributed by atoms with Crippen LogP contribution in [0, 0.1) is 0 Å². The van der Waals surface area contributed by atoms with E-state index in [1.807, 2.05) is 4.68 Å². The highest BCUT2D eigenvalue weighted by molar-refractivity contribution is 5.11. The van der Waals surface area contributed by atoms with Gasteiger partial charge in [0.1, 0.15) is 0 Å². The van der Waals surface area contributed by atoms with Crippen LogP contribution in [-0.2, 0) is 20.0 Å². The molecule has 0 spiro atoms. The zero-order chi connectivity index (χ0) is 14.8. The minimum atomic E-state index is 0.209. The van der Waals surface area contributed by atoms with Crippen molar-refractivity contribution in [3.05, 3.63) is 17.5 Å². The number of piperazine rings is 1. The number of aryl methyl sites for hydroxylation is 2. The van der Waals surface area contributed by atoms with Crippen LogP contribution in [-0.4, -0.2) is 39.4 Å². The van der Waals surface area contributed by atoms with E-state index in [1.165, 1.54) is 24.2 Å². The molecular formula is C16H30N4. The maximum atomic E-state index is 4.57. The molecule has 0 radical (unpaired) electrons. The van der Waals surface area contributed by atoms with E-state index in [1.54, 1.807) is 0 Å². The first-order chi connectivity index (χ1) is 9.46. The summed E-state index contributed by atoms with van der Waals surface area (Å²) in [6.45, 7) is 12.3. The van der Waals surface area contributed by atoms with Crippen LogP contribution >= 0.6 is 0 Å². The van der Waals surface area contributed by atoms with Gasteiger partial charge in [0, 0.05) is 38.3 Å². The molecule has 4 heteroatoms. The Labute approximate surface area is 123 Å². The van der Waals surface area contributed by atoms with Crippen LogP contribution in [0.2, 0.25) is 0 Å². The van der Waals surface area contributed by atoms with Gasteiger partial charge in [0.15, 0.2) is 0 Å². The highest BCUT2D eigenvalue weighted by Crippen LogP contribution is 2.23. The molecule has 1 aliphatic heterocycles. The molecule has 1 unspecified atom stereocenters. The van der Waals surface area contributed by atoms with Crippen molar-refractivity contribution in [1.82, 2.24) is 20.0 Å². The summed E-state index contributed by atoms with van der Waals surface area (Å²) in [6, 6.07) is 2.89. The fourth-order valence-electron chi connectivity index (χ4n) is 2.99. The lowest BCUT2D eigenvalue weighted by Gasteiger charge is -2.46. The van der Waals surface area contributed by atoms with Crippen molar-refractivity contribution in [3.8, 4) is 0 Å². The Bertz CT molecular complexity index is 436. The second kappa shape index (κ2) is 6.27. The van der Waals surface area contributed by atoms with E-state index < -0.39 is 0 Å². The smallest absolute Gasteiger partial charge is 0.0625 e. The second-order valence-electron chi connectivity index (χ2n) is 6.66. The number of hydrogen-bond donors (Lipinski definition) is 1. The minimum absolute atomic E-state index is 0.209. The number of nitrogens with zero attached hydrogens (tertiary/aromatic N) is 3. The number of nitrogens with one attached hydrogen (secondary N) is 1. The predicted molar refractivity (Wildman–Crippen MR) is 83.8 cm³/mol. The third-order valence-corrected chi connectivity index (χ3v) is 4.50. The van der Waals surface area contributed by atoms with Gasteiger partial charge >= 0.3 is 0 Å². The van der Waals surface area contributed by atoms with E-state index in [9.17, 15) is 0 Å². The van der Waals surface area contributed by atoms with Crippen molar-refractivity contribution in [2.45, 2.75) is 65.1 Å². The normalized spacial score (nSPS) is 23.1. The van der Waals surface area contributed by atoms with Crippen molar-refractivity contribution in [2.75, 3.05) is 13.1 Å². The predicted octanol–water partition coefficient (Wildman–Crippen LogP) is 2.33. The van der Waals surface area contributed by atoms with E-state index in [0.29, 0.717) is 6.04 Å². The Morgan fingerprint density at radius 3 is 2.75 bits per heavy atom. The maximum absolute atomic E-state index is 4.57. The van der Waals surface area contributed by atoms with E-state index in [2.05, 4.69) is 56.1 Å². The van der Waals surface area contributed by atoms with Crippen molar-refractivity contribution in [3.63, 3.8) is 0 Å². The average molecular weight is 278 g/mol. The Hall–Kier alpha value is -0.870. The highest BCUT2D eigenvalue weighted by Gasteiger charge is 2.33. The molecule has 4 nitrogen and oxygen atoms in total. The minimum Gasteiger partial charge on any atom is -0.311 e. The third kappa shape index (κ3) is 3.41. The van der Waals surface area contributed by atoms with E-state index in [4.69, 9.17) is 0 Å². The molecule has 1 aliphatic rings. The molecule has 1 aromatic heterocycles. The number of aromatic nitrogens is 2. The quantitative estimate of drug-likeness (QED) is 0.897. The van der Waals surface area contributed by atoms with Crippen molar-refractivity contribution in [1.29, 1.82) is 0 Å². The van der Waals surface area contributed by atoms with Crippen molar-refractivity contribution < 1.29 is 0 Å². The Morgan fingerprint density at radius 1 is 1.40 bits per heavy atom. The Balaban J connectivity index is 2.09. The molecule has 20 heavy (non-hydrogen) atoms. The number of rotatable bonds is 5. The molecule has 1 N–H and O–H groups in total. The summed E-state index contributed by atoms with van der Waals surface area (Å²) in [5, 5.41) is 8.27. The molecule has 1 atom stereocenters. The van der Waals surface area contributed by atoms with Gasteiger partial charge < -0.3 is 5.32 Å². The lowest BCUT2D eigenvalue weighted by atomic mass is 9.95. The average Bonchev–Trinajstić information content (AvgIpc) is 2.75. The SMILES string of the molecule is CCCC1CN(Cc2cc(CC)nn2C)C(C)(C)CN1. The summed E-state index contributed by atoms with van der Waals surface area (Å²) in [5.74, 6) is 0. The van der Waals surface area contributed by atoms with E-state index in [0.717, 1.165) is 26.1 Å². The fraction of sp³-hybridized carbons (Fsp3) is 0.812. The van der Waals surface area contributed by atoms with Gasteiger partial charge in [0.2, 0.25) is 0 Å². The van der Waals surface area contributed by atoms with Gasteiger partial charge in [-0.25, -0.2) is 0 Å². The van der Waals surface area contributed by atoms with Crippen LogP contribution < -0.4 is 5.32 Å². The fourth-order valence-corrected chi connectivity index (χ4v) is 2.99. The molecule has 114 valence electrons. The van der Waals surface area contributed by atoms with Gasteiger partial charge in [-0.1, -0.05) is 20.3 Å². The van der Waals surface area contributed by atoms with Gasteiger partial charge in [0.25, 0.3) is 0 Å². The largest absolute Gasteiger partial charge is 0.311 e. The van der Waals surface area contributed by atoms with Gasteiger partial charge in [-0.3, -0.25) is 9.58 Å². The van der Waals surface area contributed by atoms with Gasteiger partial charge in [-0.15, -0.1) is 0 Å². The summed E-state index contributed by atoms with van der Waals surface area (Å²) >= 11 is 0. The van der Waals surface area contributed by atoms with Crippen molar-refractivity contribution >= 4 is 0 Å². The lowest BCUT2D eigenvalue weighted by Crippen LogP contribution is -2.61. The molecule has 1 fully saturated rings. The van der Waals surface area contributed by atoms with Gasteiger partial charge in [-0.2, -0.15) is 5.10 Å². The van der Waals surface area contributed by atoms with Gasteiger partial charge in [0.05, 0.1) is 11.4 Å². The summed E-state index contributed by atoms with van der Waals surface area (Å²) in [6.07, 6.45) is 3.52. The van der Waals surface area contributed by atoms with Crippen LogP contribution in [0.15, 0.2) is 6.07 Å². The molecule has 0 saturated carbocycles. The molecule has 0 aromatic carbocycles. The Kier molecular flexibility index (Phi) is 4.86. The van der Waals surface area contributed by atoms with Crippen LogP contribution in [0.1, 0.15) is 51.9 Å². The highest BCUT2D eigenvalue weighted by atomic mass is 15.3. The van der Waals surface area contributed by atoms with Crippen LogP contribution in [0.4, 0.5) is 0 Å². The zero-order valence-corrected chi connectivity index (χ0v) is 13.7.